The number of hydrogen-bond acceptors (Lipinski definition) is 6. The van der Waals surface area contributed by atoms with Crippen molar-refractivity contribution in [3.05, 3.63) is 54.1 Å². The molecule has 9 nitrogen and oxygen atoms in total. The van der Waals surface area contributed by atoms with E-state index >= 15 is 0 Å². The zero-order valence-electron chi connectivity index (χ0n) is 19.4. The molecule has 0 fully saturated rings. The normalized spacial score (nSPS) is 13.4. The number of benzene rings is 2. The van der Waals surface area contributed by atoms with Gasteiger partial charge in [-0.25, -0.2) is 21.1 Å². The van der Waals surface area contributed by atoms with Crippen LogP contribution in [0.4, 0.5) is 18.9 Å². The first-order valence-electron chi connectivity index (χ1n) is 10.1. The average Bonchev–Trinajstić information content (AvgIpc) is 2.75. The van der Waals surface area contributed by atoms with Crippen LogP contribution < -0.4 is 14.4 Å². The first-order chi connectivity index (χ1) is 16.0. The number of carbonyl (C=O) groups excluding carboxylic acids is 1. The molecule has 0 heterocycles. The molecule has 0 saturated carbocycles. The Morgan fingerprint density at radius 1 is 1.06 bits per heavy atom. The molecule has 1 N–H and O–H groups in total. The molecule has 194 valence electrons. The SMILES string of the molecule is C[C@H](C(=O)NCCOc1ccc(S(=O)(=O)N(C)C)cc1)N(c1cccc(C(F)(F)F)c1)S(C)(=O)=O. The van der Waals surface area contributed by atoms with Crippen molar-refractivity contribution in [3.8, 4) is 5.75 Å². The van der Waals surface area contributed by atoms with Gasteiger partial charge in [-0.1, -0.05) is 6.07 Å². The molecule has 2 rings (SSSR count). The van der Waals surface area contributed by atoms with Crippen LogP contribution in [0.15, 0.2) is 53.4 Å². The summed E-state index contributed by atoms with van der Waals surface area (Å²) in [6.45, 7) is 1.18. The van der Waals surface area contributed by atoms with Gasteiger partial charge in [-0.2, -0.15) is 13.2 Å². The smallest absolute Gasteiger partial charge is 0.416 e. The Hall–Kier alpha value is -2.84. The lowest BCUT2D eigenvalue weighted by Crippen LogP contribution is -2.48. The fourth-order valence-corrected chi connectivity index (χ4v) is 5.11. The van der Waals surface area contributed by atoms with E-state index in [2.05, 4.69) is 5.32 Å². The molecule has 0 aliphatic carbocycles. The lowest BCUT2D eigenvalue weighted by atomic mass is 10.2. The summed E-state index contributed by atoms with van der Waals surface area (Å²) in [5.74, 6) is -0.407. The van der Waals surface area contributed by atoms with Crippen molar-refractivity contribution in [3.63, 3.8) is 0 Å². The van der Waals surface area contributed by atoms with E-state index in [-0.39, 0.29) is 23.7 Å². The average molecular weight is 538 g/mol. The van der Waals surface area contributed by atoms with Gasteiger partial charge in [0.25, 0.3) is 0 Å². The van der Waals surface area contributed by atoms with Crippen LogP contribution in [0.5, 0.6) is 5.75 Å². The molecule has 0 saturated heterocycles. The molecule has 2 aromatic rings. The molecule has 0 spiro atoms. The fourth-order valence-electron chi connectivity index (χ4n) is 3.04. The van der Waals surface area contributed by atoms with Crippen molar-refractivity contribution in [1.29, 1.82) is 0 Å². The highest BCUT2D eigenvalue weighted by Crippen LogP contribution is 2.32. The third-order valence-corrected chi connectivity index (χ3v) is 7.86. The number of ether oxygens (including phenoxy) is 1. The van der Waals surface area contributed by atoms with Crippen LogP contribution in [-0.2, 0) is 31.0 Å². The van der Waals surface area contributed by atoms with Crippen LogP contribution in [-0.4, -0.2) is 66.6 Å². The third kappa shape index (κ3) is 7.32. The van der Waals surface area contributed by atoms with Crippen molar-refractivity contribution >= 4 is 31.6 Å². The van der Waals surface area contributed by atoms with Gasteiger partial charge in [0.1, 0.15) is 18.4 Å². The lowest BCUT2D eigenvalue weighted by molar-refractivity contribution is -0.137. The van der Waals surface area contributed by atoms with Gasteiger partial charge in [-0.3, -0.25) is 9.10 Å². The van der Waals surface area contributed by atoms with Gasteiger partial charge in [0, 0.05) is 14.1 Å². The van der Waals surface area contributed by atoms with E-state index < -0.39 is 43.7 Å². The molecule has 0 bridgehead atoms. The number of hydrogen-bond donors (Lipinski definition) is 1. The molecule has 1 atom stereocenters. The Balaban J connectivity index is 2.03. The van der Waals surface area contributed by atoms with E-state index in [0.29, 0.717) is 16.1 Å². The van der Waals surface area contributed by atoms with E-state index in [0.717, 1.165) is 22.7 Å². The van der Waals surface area contributed by atoms with Gasteiger partial charge in [-0.05, 0) is 49.4 Å². The molecule has 2 aromatic carbocycles. The van der Waals surface area contributed by atoms with E-state index in [1.54, 1.807) is 0 Å². The topological polar surface area (TPSA) is 113 Å². The van der Waals surface area contributed by atoms with Crippen molar-refractivity contribution in [2.24, 2.45) is 0 Å². The molecular weight excluding hydrogens is 511 g/mol. The van der Waals surface area contributed by atoms with Gasteiger partial charge >= 0.3 is 6.18 Å². The molecular formula is C21H26F3N3O6S2. The van der Waals surface area contributed by atoms with Crippen LogP contribution >= 0.6 is 0 Å². The van der Waals surface area contributed by atoms with Crippen molar-refractivity contribution in [1.82, 2.24) is 9.62 Å². The molecule has 35 heavy (non-hydrogen) atoms. The largest absolute Gasteiger partial charge is 0.492 e. The Morgan fingerprint density at radius 3 is 2.17 bits per heavy atom. The molecule has 0 unspecified atom stereocenters. The van der Waals surface area contributed by atoms with Gasteiger partial charge in [0.05, 0.1) is 28.9 Å². The number of sulfonamides is 2. The summed E-state index contributed by atoms with van der Waals surface area (Å²) in [5, 5.41) is 2.48. The molecule has 14 heteroatoms. The lowest BCUT2D eigenvalue weighted by Gasteiger charge is -2.28. The number of nitrogens with zero attached hydrogens (tertiary/aromatic N) is 2. The van der Waals surface area contributed by atoms with Crippen LogP contribution in [0, 0.1) is 0 Å². The minimum atomic E-state index is -4.68. The predicted octanol–water partition coefficient (Wildman–Crippen LogP) is 2.31. The second-order valence-electron chi connectivity index (χ2n) is 7.68. The van der Waals surface area contributed by atoms with E-state index in [1.807, 2.05) is 0 Å². The van der Waals surface area contributed by atoms with E-state index in [4.69, 9.17) is 4.74 Å². The van der Waals surface area contributed by atoms with Crippen molar-refractivity contribution in [2.75, 3.05) is 37.8 Å². The van der Waals surface area contributed by atoms with Crippen LogP contribution in [0.2, 0.25) is 0 Å². The Kier molecular flexibility index (Phi) is 8.79. The number of halogens is 3. The third-order valence-electron chi connectivity index (χ3n) is 4.79. The maximum Gasteiger partial charge on any atom is 0.416 e. The van der Waals surface area contributed by atoms with Crippen LogP contribution in [0.1, 0.15) is 12.5 Å². The summed E-state index contributed by atoms with van der Waals surface area (Å²) < 4.78 is 95.0. The highest BCUT2D eigenvalue weighted by molar-refractivity contribution is 7.92. The van der Waals surface area contributed by atoms with E-state index in [1.165, 1.54) is 51.4 Å². The van der Waals surface area contributed by atoms with E-state index in [9.17, 15) is 34.8 Å². The number of anilines is 1. The Morgan fingerprint density at radius 2 is 1.66 bits per heavy atom. The summed E-state index contributed by atoms with van der Waals surface area (Å²) >= 11 is 0. The van der Waals surface area contributed by atoms with Crippen LogP contribution in [0.3, 0.4) is 0 Å². The quantitative estimate of drug-likeness (QED) is 0.466. The number of nitrogens with one attached hydrogen (secondary N) is 1. The standard InChI is InChI=1S/C21H26F3N3O6S2/c1-15(27(34(4,29)30)17-7-5-6-16(14-17)21(22,23)24)20(28)25-12-13-33-18-8-10-19(11-9-18)35(31,32)26(2)3/h5-11,14-15H,12-13H2,1-4H3,(H,25,28)/t15-/m1/s1. The predicted molar refractivity (Wildman–Crippen MR) is 124 cm³/mol. The maximum absolute atomic E-state index is 13.1. The highest BCUT2D eigenvalue weighted by atomic mass is 32.2. The monoisotopic (exact) mass is 537 g/mol. The zero-order chi connectivity index (χ0) is 26.6. The van der Waals surface area contributed by atoms with Gasteiger partial charge in [0.2, 0.25) is 26.0 Å². The second-order valence-corrected chi connectivity index (χ2v) is 11.7. The van der Waals surface area contributed by atoms with Gasteiger partial charge < -0.3 is 10.1 Å². The molecule has 0 radical (unpaired) electrons. The summed E-state index contributed by atoms with van der Waals surface area (Å²) in [5.41, 5.74) is -1.34. The summed E-state index contributed by atoms with van der Waals surface area (Å²) in [6, 6.07) is 7.97. The summed E-state index contributed by atoms with van der Waals surface area (Å²) in [6.07, 6.45) is -3.89. The molecule has 0 aliphatic heterocycles. The first kappa shape index (κ1) is 28.4. The number of alkyl halides is 3. The van der Waals surface area contributed by atoms with Crippen molar-refractivity contribution in [2.45, 2.75) is 24.0 Å². The second kappa shape index (κ2) is 10.8. The zero-order valence-corrected chi connectivity index (χ0v) is 21.0. The van der Waals surface area contributed by atoms with Crippen LogP contribution in [0.25, 0.3) is 0 Å². The first-order valence-corrected chi connectivity index (χ1v) is 13.4. The number of rotatable bonds is 10. The van der Waals surface area contributed by atoms with Gasteiger partial charge in [-0.15, -0.1) is 0 Å². The molecule has 0 aromatic heterocycles. The Bertz CT molecular complexity index is 1250. The highest BCUT2D eigenvalue weighted by Gasteiger charge is 2.34. The summed E-state index contributed by atoms with van der Waals surface area (Å²) in [4.78, 5) is 12.6. The Labute approximate surface area is 202 Å². The number of amides is 1. The summed E-state index contributed by atoms with van der Waals surface area (Å²) in [7, 11) is -4.88. The fraction of sp³-hybridized carbons (Fsp3) is 0.381. The maximum atomic E-state index is 13.1. The van der Waals surface area contributed by atoms with Crippen molar-refractivity contribution < 1.29 is 39.5 Å². The molecule has 0 aliphatic rings. The van der Waals surface area contributed by atoms with Gasteiger partial charge in [0.15, 0.2) is 0 Å². The number of carbonyl (C=O) groups is 1. The minimum absolute atomic E-state index is 0.0271. The molecule has 1 amide bonds. The minimum Gasteiger partial charge on any atom is -0.492 e.